The number of esters is 1. The topological polar surface area (TPSA) is 76.0 Å². The number of hydrogen-bond acceptors (Lipinski definition) is 5. The highest BCUT2D eigenvalue weighted by Crippen LogP contribution is 2.24. The Balaban J connectivity index is 2.57. The standard InChI is InChI=1S/C15H22O5/c1-4-15(2,3)14(18)20-13-7-5-12(6-8-13)19-10-11(17)9-16/h5-8,11,16-17H,4,9-10H2,1-3H3. The van der Waals surface area contributed by atoms with Gasteiger partial charge in [0.15, 0.2) is 0 Å². The molecule has 1 atom stereocenters. The first kappa shape index (κ1) is 16.5. The zero-order valence-corrected chi connectivity index (χ0v) is 12.1. The van der Waals surface area contributed by atoms with Crippen LogP contribution in [0, 0.1) is 5.41 Å². The fraction of sp³-hybridized carbons (Fsp3) is 0.533. The molecule has 0 saturated heterocycles. The maximum Gasteiger partial charge on any atom is 0.316 e. The van der Waals surface area contributed by atoms with Crippen LogP contribution in [0.2, 0.25) is 0 Å². The van der Waals surface area contributed by atoms with E-state index < -0.39 is 11.5 Å². The lowest BCUT2D eigenvalue weighted by atomic mass is 9.91. The summed E-state index contributed by atoms with van der Waals surface area (Å²) in [5, 5.41) is 17.8. The molecule has 0 spiro atoms. The predicted octanol–water partition coefficient (Wildman–Crippen LogP) is 1.76. The number of carbonyl (C=O) groups is 1. The van der Waals surface area contributed by atoms with Crippen molar-refractivity contribution < 1.29 is 24.5 Å². The second kappa shape index (κ2) is 7.26. The lowest BCUT2D eigenvalue weighted by Gasteiger charge is -2.20. The first-order valence-electron chi connectivity index (χ1n) is 6.63. The molecule has 0 radical (unpaired) electrons. The monoisotopic (exact) mass is 282 g/mol. The molecular formula is C15H22O5. The van der Waals surface area contributed by atoms with E-state index in [4.69, 9.17) is 19.7 Å². The van der Waals surface area contributed by atoms with Gasteiger partial charge in [-0.15, -0.1) is 0 Å². The second-order valence-corrected chi connectivity index (χ2v) is 5.25. The summed E-state index contributed by atoms with van der Waals surface area (Å²) >= 11 is 0. The van der Waals surface area contributed by atoms with Crippen LogP contribution in [-0.2, 0) is 4.79 Å². The fourth-order valence-electron chi connectivity index (χ4n) is 1.24. The smallest absolute Gasteiger partial charge is 0.316 e. The van der Waals surface area contributed by atoms with Crippen molar-refractivity contribution in [2.75, 3.05) is 13.2 Å². The van der Waals surface area contributed by atoms with Crippen LogP contribution in [0.1, 0.15) is 27.2 Å². The second-order valence-electron chi connectivity index (χ2n) is 5.25. The van der Waals surface area contributed by atoms with Crippen LogP contribution in [-0.4, -0.2) is 35.5 Å². The Labute approximate surface area is 119 Å². The highest BCUT2D eigenvalue weighted by Gasteiger charge is 2.27. The fourth-order valence-corrected chi connectivity index (χ4v) is 1.24. The normalized spacial score (nSPS) is 12.8. The highest BCUT2D eigenvalue weighted by atomic mass is 16.5. The third-order valence-corrected chi connectivity index (χ3v) is 3.12. The van der Waals surface area contributed by atoms with Gasteiger partial charge < -0.3 is 19.7 Å². The largest absolute Gasteiger partial charge is 0.491 e. The molecule has 0 bridgehead atoms. The van der Waals surface area contributed by atoms with E-state index in [9.17, 15) is 4.79 Å². The summed E-state index contributed by atoms with van der Waals surface area (Å²) in [5.41, 5.74) is -0.513. The summed E-state index contributed by atoms with van der Waals surface area (Å²) in [4.78, 5) is 11.9. The lowest BCUT2D eigenvalue weighted by molar-refractivity contribution is -0.144. The van der Waals surface area contributed by atoms with Gasteiger partial charge in [-0.1, -0.05) is 6.92 Å². The van der Waals surface area contributed by atoms with E-state index in [0.717, 1.165) is 0 Å². The number of rotatable bonds is 7. The molecule has 1 aromatic carbocycles. The van der Waals surface area contributed by atoms with Gasteiger partial charge >= 0.3 is 5.97 Å². The number of ether oxygens (including phenoxy) is 2. The van der Waals surface area contributed by atoms with Crippen molar-refractivity contribution in [1.29, 1.82) is 0 Å². The predicted molar refractivity (Wildman–Crippen MR) is 74.7 cm³/mol. The van der Waals surface area contributed by atoms with Crippen molar-refractivity contribution in [1.82, 2.24) is 0 Å². The van der Waals surface area contributed by atoms with Gasteiger partial charge in [-0.05, 0) is 44.5 Å². The molecule has 0 saturated carbocycles. The minimum absolute atomic E-state index is 0.0124. The van der Waals surface area contributed by atoms with E-state index in [2.05, 4.69) is 0 Å². The van der Waals surface area contributed by atoms with Gasteiger partial charge in [0, 0.05) is 0 Å². The molecule has 20 heavy (non-hydrogen) atoms. The highest BCUT2D eigenvalue weighted by molar-refractivity contribution is 5.78. The van der Waals surface area contributed by atoms with Crippen LogP contribution in [0.5, 0.6) is 11.5 Å². The Morgan fingerprint density at radius 3 is 2.30 bits per heavy atom. The maximum atomic E-state index is 11.9. The van der Waals surface area contributed by atoms with E-state index in [1.54, 1.807) is 24.3 Å². The van der Waals surface area contributed by atoms with E-state index in [1.807, 2.05) is 20.8 Å². The van der Waals surface area contributed by atoms with E-state index >= 15 is 0 Å². The van der Waals surface area contributed by atoms with Crippen LogP contribution in [0.4, 0.5) is 0 Å². The molecule has 0 aliphatic rings. The average molecular weight is 282 g/mol. The average Bonchev–Trinajstić information content (AvgIpc) is 2.46. The van der Waals surface area contributed by atoms with Crippen LogP contribution < -0.4 is 9.47 Å². The van der Waals surface area contributed by atoms with Crippen molar-refractivity contribution in [2.45, 2.75) is 33.3 Å². The molecule has 0 amide bonds. The molecule has 0 aliphatic heterocycles. The summed E-state index contributed by atoms with van der Waals surface area (Å²) in [5.74, 6) is 0.711. The van der Waals surface area contributed by atoms with Gasteiger partial charge in [0.1, 0.15) is 24.2 Å². The van der Waals surface area contributed by atoms with Gasteiger partial charge in [0.05, 0.1) is 12.0 Å². The van der Waals surface area contributed by atoms with Crippen molar-refractivity contribution in [3.8, 4) is 11.5 Å². The van der Waals surface area contributed by atoms with Crippen LogP contribution in [0.25, 0.3) is 0 Å². The quantitative estimate of drug-likeness (QED) is 0.588. The third kappa shape index (κ3) is 4.83. The van der Waals surface area contributed by atoms with Gasteiger partial charge in [-0.2, -0.15) is 0 Å². The molecule has 2 N–H and O–H groups in total. The lowest BCUT2D eigenvalue weighted by Crippen LogP contribution is -2.28. The zero-order valence-electron chi connectivity index (χ0n) is 12.1. The minimum Gasteiger partial charge on any atom is -0.491 e. The Kier molecular flexibility index (Phi) is 5.98. The summed E-state index contributed by atoms with van der Waals surface area (Å²) in [6.45, 7) is 5.27. The van der Waals surface area contributed by atoms with Crippen molar-refractivity contribution in [3.05, 3.63) is 24.3 Å². The first-order chi connectivity index (χ1) is 9.39. The van der Waals surface area contributed by atoms with Crippen LogP contribution >= 0.6 is 0 Å². The van der Waals surface area contributed by atoms with Gasteiger partial charge in [0.2, 0.25) is 0 Å². The van der Waals surface area contributed by atoms with Crippen LogP contribution in [0.3, 0.4) is 0 Å². The van der Waals surface area contributed by atoms with E-state index in [0.29, 0.717) is 17.9 Å². The van der Waals surface area contributed by atoms with Crippen molar-refractivity contribution in [2.24, 2.45) is 5.41 Å². The molecular weight excluding hydrogens is 260 g/mol. The summed E-state index contributed by atoms with van der Waals surface area (Å²) in [6.07, 6.45) is -0.204. The number of aliphatic hydroxyl groups excluding tert-OH is 2. The molecule has 0 heterocycles. The number of hydrogen-bond donors (Lipinski definition) is 2. The maximum absolute atomic E-state index is 11.9. The molecule has 5 heteroatoms. The summed E-state index contributed by atoms with van der Waals surface area (Å²) in [7, 11) is 0. The summed E-state index contributed by atoms with van der Waals surface area (Å²) < 4.78 is 10.5. The Morgan fingerprint density at radius 2 is 1.80 bits per heavy atom. The first-order valence-corrected chi connectivity index (χ1v) is 6.63. The van der Waals surface area contributed by atoms with Gasteiger partial charge in [0.25, 0.3) is 0 Å². The van der Waals surface area contributed by atoms with Gasteiger partial charge in [-0.25, -0.2) is 0 Å². The number of carbonyl (C=O) groups excluding carboxylic acids is 1. The molecule has 5 nitrogen and oxygen atoms in total. The third-order valence-electron chi connectivity index (χ3n) is 3.12. The number of aliphatic hydroxyl groups is 2. The van der Waals surface area contributed by atoms with Crippen molar-refractivity contribution >= 4 is 5.97 Å². The van der Waals surface area contributed by atoms with Crippen LogP contribution in [0.15, 0.2) is 24.3 Å². The van der Waals surface area contributed by atoms with Crippen molar-refractivity contribution in [3.63, 3.8) is 0 Å². The molecule has 1 aromatic rings. The van der Waals surface area contributed by atoms with E-state index in [-0.39, 0.29) is 19.2 Å². The summed E-state index contributed by atoms with van der Waals surface area (Å²) in [6, 6.07) is 6.55. The molecule has 0 aromatic heterocycles. The number of benzene rings is 1. The molecule has 1 rings (SSSR count). The molecule has 0 aliphatic carbocycles. The van der Waals surface area contributed by atoms with E-state index in [1.165, 1.54) is 0 Å². The zero-order chi connectivity index (χ0) is 15.2. The SMILES string of the molecule is CCC(C)(C)C(=O)Oc1ccc(OCC(O)CO)cc1. The minimum atomic E-state index is -0.905. The van der Waals surface area contributed by atoms with Gasteiger partial charge in [-0.3, -0.25) is 4.79 Å². The Bertz CT molecular complexity index is 424. The molecule has 0 fully saturated rings. The Hall–Kier alpha value is -1.59. The molecule has 112 valence electrons. The Morgan fingerprint density at radius 1 is 1.25 bits per heavy atom. The molecule has 1 unspecified atom stereocenters.